The van der Waals surface area contributed by atoms with Crippen LogP contribution in [0.1, 0.15) is 47.6 Å². The van der Waals surface area contributed by atoms with Gasteiger partial charge in [0.05, 0.1) is 17.4 Å². The number of rotatable bonds is 5. The first-order valence-electron chi connectivity index (χ1n) is 14.8. The van der Waals surface area contributed by atoms with Crippen LogP contribution in [0.25, 0.3) is 6.08 Å². The zero-order chi connectivity index (χ0) is 30.5. The van der Waals surface area contributed by atoms with Crippen molar-refractivity contribution in [3.63, 3.8) is 0 Å². The average Bonchev–Trinajstić information content (AvgIpc) is 3.68. The Bertz CT molecular complexity index is 1750. The van der Waals surface area contributed by atoms with Crippen molar-refractivity contribution < 1.29 is 18.8 Å². The minimum atomic E-state index is -1.09. The lowest BCUT2D eigenvalue weighted by Gasteiger charge is -2.30. The van der Waals surface area contributed by atoms with Gasteiger partial charge in [-0.05, 0) is 74.1 Å². The molecule has 4 atom stereocenters. The summed E-state index contributed by atoms with van der Waals surface area (Å²) < 4.78 is 13.9. The molecule has 9 nitrogen and oxygen atoms in total. The molecule has 3 aromatic rings. The number of imide groups is 1. The maximum Gasteiger partial charge on any atom is 0.264 e. The Kier molecular flexibility index (Phi) is 6.91. The summed E-state index contributed by atoms with van der Waals surface area (Å²) in [5.41, 5.74) is 6.51. The van der Waals surface area contributed by atoms with Gasteiger partial charge in [-0.3, -0.25) is 19.4 Å². The average molecular weight is 591 g/mol. The van der Waals surface area contributed by atoms with E-state index in [1.807, 2.05) is 31.2 Å². The number of anilines is 1. The number of carbonyl (C=O) groups is 3. The van der Waals surface area contributed by atoms with Gasteiger partial charge in [0.25, 0.3) is 17.7 Å². The van der Waals surface area contributed by atoms with Crippen LogP contribution < -0.4 is 4.90 Å². The van der Waals surface area contributed by atoms with E-state index in [2.05, 4.69) is 47.6 Å². The Balaban J connectivity index is 1.19. The number of halogens is 1. The number of amides is 3. The Morgan fingerprint density at radius 1 is 0.955 bits per heavy atom. The first-order chi connectivity index (χ1) is 21.3. The molecule has 0 spiro atoms. The number of hydrogen-bond donors (Lipinski definition) is 0. The SMILES string of the molecule is Cc1ccc(/C=C2\CCC[C@@H]3C2=NN(C(=O)CN2N=N[C@@H]4C(=O)N(c5cccc(F)c5)C(=O)[C@@H]42)[C@H]3c2ccc(C)cc2)cc1. The quantitative estimate of drug-likeness (QED) is 0.364. The predicted molar refractivity (Wildman–Crippen MR) is 163 cm³/mol. The fraction of sp³-hybridized carbons (Fsp3) is 0.294. The third-order valence-electron chi connectivity index (χ3n) is 8.82. The summed E-state index contributed by atoms with van der Waals surface area (Å²) in [6.45, 7) is 3.79. The number of fused-ring (bicyclic) bond motifs is 2. The summed E-state index contributed by atoms with van der Waals surface area (Å²) in [6, 6.07) is 19.3. The van der Waals surface area contributed by atoms with Gasteiger partial charge in [-0.2, -0.15) is 10.2 Å². The van der Waals surface area contributed by atoms with Crippen molar-refractivity contribution in [2.75, 3.05) is 11.4 Å². The van der Waals surface area contributed by atoms with Gasteiger partial charge in [0.2, 0.25) is 0 Å². The number of hydrogen-bond acceptors (Lipinski definition) is 7. The van der Waals surface area contributed by atoms with Crippen molar-refractivity contribution in [3.8, 4) is 0 Å². The molecule has 2 fully saturated rings. The number of nitrogens with zero attached hydrogens (tertiary/aromatic N) is 6. The standard InChI is InChI=1S/C34H31FN6O3/c1-20-9-13-22(14-10-20)17-24-5-3-8-27-29(24)37-41(31(27)23-15-11-21(2)12-16-23)28(42)19-39-32-30(36-38-39)33(43)40(34(32)44)26-7-4-6-25(35)18-26/h4,6-7,9-18,27,30-32H,3,5,8,19H2,1-2H3/b24-17+/t27-,30+,31+,32-/m1/s1. The zero-order valence-corrected chi connectivity index (χ0v) is 24.4. The van der Waals surface area contributed by atoms with E-state index in [-0.39, 0.29) is 30.1 Å². The van der Waals surface area contributed by atoms with E-state index in [9.17, 15) is 18.8 Å². The van der Waals surface area contributed by atoms with Crippen molar-refractivity contribution in [2.45, 2.75) is 51.2 Å². The first kappa shape index (κ1) is 27.8. The Labute approximate surface area is 254 Å². The van der Waals surface area contributed by atoms with Crippen molar-refractivity contribution in [3.05, 3.63) is 106 Å². The lowest BCUT2D eigenvalue weighted by Crippen LogP contribution is -2.45. The maximum atomic E-state index is 14.1. The van der Waals surface area contributed by atoms with E-state index < -0.39 is 29.7 Å². The van der Waals surface area contributed by atoms with E-state index in [1.165, 1.54) is 33.8 Å². The van der Waals surface area contributed by atoms with E-state index >= 15 is 0 Å². The highest BCUT2D eigenvalue weighted by molar-refractivity contribution is 6.25. The summed E-state index contributed by atoms with van der Waals surface area (Å²) in [7, 11) is 0. The maximum absolute atomic E-state index is 14.1. The van der Waals surface area contributed by atoms with Crippen molar-refractivity contribution in [1.82, 2.24) is 10.0 Å². The minimum absolute atomic E-state index is 0.0122. The molecule has 1 aliphatic carbocycles. The van der Waals surface area contributed by atoms with Crippen LogP contribution in [0.4, 0.5) is 10.1 Å². The molecular weight excluding hydrogens is 559 g/mol. The molecule has 0 N–H and O–H groups in total. The second kappa shape index (κ2) is 10.9. The number of carbonyl (C=O) groups excluding carboxylic acids is 3. The van der Waals surface area contributed by atoms with Gasteiger partial charge in [0.15, 0.2) is 12.1 Å². The largest absolute Gasteiger partial charge is 0.271 e. The van der Waals surface area contributed by atoms with Crippen LogP contribution in [0.2, 0.25) is 0 Å². The van der Waals surface area contributed by atoms with Crippen LogP contribution in [0.15, 0.2) is 93.8 Å². The van der Waals surface area contributed by atoms with Crippen LogP contribution in [-0.4, -0.2) is 52.1 Å². The second-order valence-electron chi connectivity index (χ2n) is 11.8. The van der Waals surface area contributed by atoms with Crippen LogP contribution in [0.3, 0.4) is 0 Å². The number of benzene rings is 3. The molecule has 0 aromatic heterocycles. The molecule has 3 aliphatic heterocycles. The Morgan fingerprint density at radius 3 is 2.41 bits per heavy atom. The van der Waals surface area contributed by atoms with Gasteiger partial charge in [-0.25, -0.2) is 14.3 Å². The van der Waals surface area contributed by atoms with Crippen LogP contribution in [0, 0.1) is 25.6 Å². The third kappa shape index (κ3) is 4.80. The fourth-order valence-corrected chi connectivity index (χ4v) is 6.60. The van der Waals surface area contributed by atoms with Crippen molar-refractivity contribution in [1.29, 1.82) is 0 Å². The smallest absolute Gasteiger partial charge is 0.264 e. The minimum Gasteiger partial charge on any atom is -0.271 e. The summed E-state index contributed by atoms with van der Waals surface area (Å²) in [5.74, 6) is -2.10. The van der Waals surface area contributed by atoms with E-state index in [1.54, 1.807) is 0 Å². The summed E-state index contributed by atoms with van der Waals surface area (Å²) in [6.07, 6.45) is 4.88. The molecule has 0 unspecified atom stereocenters. The highest BCUT2D eigenvalue weighted by Gasteiger charge is 2.55. The summed E-state index contributed by atoms with van der Waals surface area (Å²) in [5, 5.41) is 15.9. The first-order valence-corrected chi connectivity index (χ1v) is 14.8. The Morgan fingerprint density at radius 2 is 1.68 bits per heavy atom. The molecule has 3 heterocycles. The second-order valence-corrected chi connectivity index (χ2v) is 11.8. The molecule has 0 radical (unpaired) electrons. The normalized spacial score (nSPS) is 25.1. The van der Waals surface area contributed by atoms with Gasteiger partial charge in [-0.15, -0.1) is 0 Å². The molecule has 3 amide bonds. The molecule has 1 saturated carbocycles. The van der Waals surface area contributed by atoms with E-state index in [0.717, 1.165) is 58.2 Å². The number of hydrazone groups is 1. The lowest BCUT2D eigenvalue weighted by molar-refractivity contribution is -0.136. The number of aryl methyl sites for hydroxylation is 2. The molecular formula is C34H31FN6O3. The molecule has 44 heavy (non-hydrogen) atoms. The number of allylic oxidation sites excluding steroid dienone is 1. The van der Waals surface area contributed by atoms with Crippen LogP contribution in [-0.2, 0) is 14.4 Å². The van der Waals surface area contributed by atoms with Gasteiger partial charge in [-0.1, -0.05) is 70.9 Å². The topological polar surface area (TPSA) is 98.0 Å². The molecule has 222 valence electrons. The summed E-state index contributed by atoms with van der Waals surface area (Å²) in [4.78, 5) is 41.6. The van der Waals surface area contributed by atoms with Gasteiger partial charge in [0.1, 0.15) is 12.4 Å². The molecule has 1 saturated heterocycles. The predicted octanol–water partition coefficient (Wildman–Crippen LogP) is 5.56. The highest BCUT2D eigenvalue weighted by Crippen LogP contribution is 2.45. The van der Waals surface area contributed by atoms with E-state index in [0.29, 0.717) is 0 Å². The Hall–Kier alpha value is -4.99. The van der Waals surface area contributed by atoms with Gasteiger partial charge >= 0.3 is 0 Å². The van der Waals surface area contributed by atoms with Crippen molar-refractivity contribution in [2.24, 2.45) is 21.4 Å². The molecule has 10 heteroatoms. The molecule has 4 aliphatic rings. The molecule has 7 rings (SSSR count). The fourth-order valence-electron chi connectivity index (χ4n) is 6.60. The van der Waals surface area contributed by atoms with Gasteiger partial charge in [0, 0.05) is 5.92 Å². The van der Waals surface area contributed by atoms with Crippen molar-refractivity contribution >= 4 is 35.2 Å². The van der Waals surface area contributed by atoms with Crippen LogP contribution >= 0.6 is 0 Å². The molecule has 0 bridgehead atoms. The summed E-state index contributed by atoms with van der Waals surface area (Å²) >= 11 is 0. The third-order valence-corrected chi connectivity index (χ3v) is 8.82. The van der Waals surface area contributed by atoms with E-state index in [4.69, 9.17) is 5.10 Å². The molecule has 3 aromatic carbocycles. The van der Waals surface area contributed by atoms with Gasteiger partial charge < -0.3 is 0 Å². The monoisotopic (exact) mass is 590 g/mol. The zero-order valence-electron chi connectivity index (χ0n) is 24.4. The lowest BCUT2D eigenvalue weighted by atomic mass is 9.77. The highest BCUT2D eigenvalue weighted by atomic mass is 19.1. The van der Waals surface area contributed by atoms with Crippen LogP contribution in [0.5, 0.6) is 0 Å².